The molecule has 3 rings (SSSR count). The molecule has 3 nitrogen and oxygen atoms in total. The van der Waals surface area contributed by atoms with Gasteiger partial charge in [0.05, 0.1) is 13.2 Å². The number of aryl methyl sites for hydroxylation is 1. The second-order valence-electron chi connectivity index (χ2n) is 6.12. The van der Waals surface area contributed by atoms with E-state index in [9.17, 15) is 0 Å². The lowest BCUT2D eigenvalue weighted by Crippen LogP contribution is -2.36. The summed E-state index contributed by atoms with van der Waals surface area (Å²) in [6.45, 7) is 9.53. The summed E-state index contributed by atoms with van der Waals surface area (Å²) in [5, 5.41) is 3.47. The minimum Gasteiger partial charge on any atom is -0.379 e. The molecule has 0 aromatic heterocycles. The first kappa shape index (κ1) is 14.1. The molecule has 1 aromatic rings. The average Bonchev–Trinajstić information content (AvgIpc) is 2.51. The standard InChI is InChI=1S/C17H26N2O/c1-14-2-3-16(13-19-8-10-20-11-9-19)17(12-14)15-4-6-18-7-5-15/h2-3,12,15,18H,4-11,13H2,1H3. The van der Waals surface area contributed by atoms with Crippen molar-refractivity contribution in [2.45, 2.75) is 32.2 Å². The quantitative estimate of drug-likeness (QED) is 0.915. The van der Waals surface area contributed by atoms with Gasteiger partial charge in [-0.05, 0) is 49.9 Å². The highest BCUT2D eigenvalue weighted by Crippen LogP contribution is 2.29. The minimum absolute atomic E-state index is 0.743. The first-order valence-electron chi connectivity index (χ1n) is 7.93. The fourth-order valence-corrected chi connectivity index (χ4v) is 3.37. The van der Waals surface area contributed by atoms with Crippen molar-refractivity contribution in [3.63, 3.8) is 0 Å². The van der Waals surface area contributed by atoms with Crippen LogP contribution < -0.4 is 5.32 Å². The molecule has 1 N–H and O–H groups in total. The summed E-state index contributed by atoms with van der Waals surface area (Å²) in [5.41, 5.74) is 4.52. The van der Waals surface area contributed by atoms with Gasteiger partial charge in [0.15, 0.2) is 0 Å². The first-order chi connectivity index (χ1) is 9.83. The molecule has 3 heteroatoms. The smallest absolute Gasteiger partial charge is 0.0594 e. The van der Waals surface area contributed by atoms with Crippen molar-refractivity contribution >= 4 is 0 Å². The molecule has 110 valence electrons. The van der Waals surface area contributed by atoms with Crippen LogP contribution in [-0.4, -0.2) is 44.3 Å². The van der Waals surface area contributed by atoms with Crippen molar-refractivity contribution in [3.05, 3.63) is 34.9 Å². The Morgan fingerprint density at radius 1 is 1.20 bits per heavy atom. The average molecular weight is 274 g/mol. The van der Waals surface area contributed by atoms with E-state index in [0.29, 0.717) is 0 Å². The number of rotatable bonds is 3. The zero-order valence-corrected chi connectivity index (χ0v) is 12.5. The van der Waals surface area contributed by atoms with Crippen LogP contribution in [0.25, 0.3) is 0 Å². The molecule has 1 aromatic carbocycles. The summed E-state index contributed by atoms with van der Waals surface area (Å²) >= 11 is 0. The number of morpholine rings is 1. The normalized spacial score (nSPS) is 22.1. The highest BCUT2D eigenvalue weighted by atomic mass is 16.5. The Morgan fingerprint density at radius 3 is 2.70 bits per heavy atom. The topological polar surface area (TPSA) is 24.5 Å². The molecular formula is C17H26N2O. The van der Waals surface area contributed by atoms with Crippen molar-refractivity contribution < 1.29 is 4.74 Å². The summed E-state index contributed by atoms with van der Waals surface area (Å²) in [6, 6.07) is 7.04. The molecular weight excluding hydrogens is 248 g/mol. The van der Waals surface area contributed by atoms with E-state index in [1.54, 1.807) is 5.56 Å². The van der Waals surface area contributed by atoms with E-state index < -0.39 is 0 Å². The van der Waals surface area contributed by atoms with Crippen molar-refractivity contribution in [3.8, 4) is 0 Å². The van der Waals surface area contributed by atoms with E-state index in [2.05, 4.69) is 35.3 Å². The lowest BCUT2D eigenvalue weighted by atomic mass is 9.86. The van der Waals surface area contributed by atoms with Gasteiger partial charge in [0.2, 0.25) is 0 Å². The Morgan fingerprint density at radius 2 is 1.95 bits per heavy atom. The Kier molecular flexibility index (Phi) is 4.71. The number of hydrogen-bond donors (Lipinski definition) is 1. The van der Waals surface area contributed by atoms with Crippen LogP contribution in [0.15, 0.2) is 18.2 Å². The summed E-state index contributed by atoms with van der Waals surface area (Å²) in [7, 11) is 0. The highest BCUT2D eigenvalue weighted by Gasteiger charge is 2.20. The van der Waals surface area contributed by atoms with Gasteiger partial charge in [-0.1, -0.05) is 23.8 Å². The highest BCUT2D eigenvalue weighted by molar-refractivity contribution is 5.34. The summed E-state index contributed by atoms with van der Waals surface area (Å²) in [5.74, 6) is 0.743. The lowest BCUT2D eigenvalue weighted by Gasteiger charge is -2.30. The van der Waals surface area contributed by atoms with Gasteiger partial charge in [-0.25, -0.2) is 0 Å². The van der Waals surface area contributed by atoms with E-state index >= 15 is 0 Å². The zero-order chi connectivity index (χ0) is 13.8. The van der Waals surface area contributed by atoms with Crippen molar-refractivity contribution in [2.75, 3.05) is 39.4 Å². The minimum atomic E-state index is 0.743. The van der Waals surface area contributed by atoms with E-state index in [1.165, 1.54) is 24.0 Å². The first-order valence-corrected chi connectivity index (χ1v) is 7.93. The van der Waals surface area contributed by atoms with Crippen LogP contribution >= 0.6 is 0 Å². The lowest BCUT2D eigenvalue weighted by molar-refractivity contribution is 0.0340. The molecule has 0 spiro atoms. The largest absolute Gasteiger partial charge is 0.379 e. The second-order valence-corrected chi connectivity index (χ2v) is 6.12. The van der Waals surface area contributed by atoms with E-state index in [4.69, 9.17) is 4.74 Å². The molecule has 2 aliphatic heterocycles. The Labute approximate surface area is 122 Å². The van der Waals surface area contributed by atoms with Gasteiger partial charge in [0.25, 0.3) is 0 Å². The molecule has 0 bridgehead atoms. The third kappa shape index (κ3) is 3.40. The summed E-state index contributed by atoms with van der Waals surface area (Å²) in [6.07, 6.45) is 2.55. The van der Waals surface area contributed by atoms with Crippen LogP contribution in [0.3, 0.4) is 0 Å². The maximum atomic E-state index is 5.45. The molecule has 20 heavy (non-hydrogen) atoms. The van der Waals surface area contributed by atoms with E-state index in [1.807, 2.05) is 0 Å². The summed E-state index contributed by atoms with van der Waals surface area (Å²) < 4.78 is 5.45. The SMILES string of the molecule is Cc1ccc(CN2CCOCC2)c(C2CCNCC2)c1. The Hall–Kier alpha value is -0.900. The number of hydrogen-bond acceptors (Lipinski definition) is 3. The van der Waals surface area contributed by atoms with E-state index in [0.717, 1.165) is 51.9 Å². The van der Waals surface area contributed by atoms with Crippen molar-refractivity contribution in [1.82, 2.24) is 10.2 Å². The fourth-order valence-electron chi connectivity index (χ4n) is 3.37. The van der Waals surface area contributed by atoms with Crippen molar-refractivity contribution in [1.29, 1.82) is 0 Å². The summed E-state index contributed by atoms with van der Waals surface area (Å²) in [4.78, 5) is 2.53. The molecule has 0 unspecified atom stereocenters. The predicted molar refractivity (Wildman–Crippen MR) is 82.1 cm³/mol. The molecule has 2 saturated heterocycles. The van der Waals surface area contributed by atoms with Gasteiger partial charge in [0, 0.05) is 19.6 Å². The fraction of sp³-hybridized carbons (Fsp3) is 0.647. The zero-order valence-electron chi connectivity index (χ0n) is 12.5. The van der Waals surface area contributed by atoms with Gasteiger partial charge >= 0.3 is 0 Å². The molecule has 0 aliphatic carbocycles. The van der Waals surface area contributed by atoms with Gasteiger partial charge in [-0.2, -0.15) is 0 Å². The van der Waals surface area contributed by atoms with E-state index in [-0.39, 0.29) is 0 Å². The number of benzene rings is 1. The van der Waals surface area contributed by atoms with Gasteiger partial charge in [-0.3, -0.25) is 4.90 Å². The predicted octanol–water partition coefficient (Wildman–Crippen LogP) is 2.29. The second kappa shape index (κ2) is 6.70. The molecule has 2 fully saturated rings. The van der Waals surface area contributed by atoms with Crippen LogP contribution in [0, 0.1) is 6.92 Å². The molecule has 0 atom stereocenters. The maximum absolute atomic E-state index is 5.45. The van der Waals surface area contributed by atoms with Crippen LogP contribution in [0.1, 0.15) is 35.4 Å². The monoisotopic (exact) mass is 274 g/mol. The number of nitrogens with zero attached hydrogens (tertiary/aromatic N) is 1. The van der Waals surface area contributed by atoms with Crippen LogP contribution in [-0.2, 0) is 11.3 Å². The van der Waals surface area contributed by atoms with Crippen LogP contribution in [0.4, 0.5) is 0 Å². The maximum Gasteiger partial charge on any atom is 0.0594 e. The Balaban J connectivity index is 1.77. The van der Waals surface area contributed by atoms with Crippen molar-refractivity contribution in [2.24, 2.45) is 0 Å². The molecule has 0 amide bonds. The van der Waals surface area contributed by atoms with Gasteiger partial charge in [0.1, 0.15) is 0 Å². The van der Waals surface area contributed by atoms with Crippen LogP contribution in [0.5, 0.6) is 0 Å². The molecule has 0 saturated carbocycles. The Bertz CT molecular complexity index is 435. The number of piperidine rings is 1. The number of ether oxygens (including phenoxy) is 1. The van der Waals surface area contributed by atoms with Gasteiger partial charge < -0.3 is 10.1 Å². The third-order valence-corrected chi connectivity index (χ3v) is 4.58. The number of nitrogens with one attached hydrogen (secondary N) is 1. The third-order valence-electron chi connectivity index (χ3n) is 4.58. The molecule has 2 heterocycles. The molecule has 2 aliphatic rings. The van der Waals surface area contributed by atoms with Crippen LogP contribution in [0.2, 0.25) is 0 Å². The molecule has 0 radical (unpaired) electrons. The van der Waals surface area contributed by atoms with Gasteiger partial charge in [-0.15, -0.1) is 0 Å².